The van der Waals surface area contributed by atoms with E-state index in [-0.39, 0.29) is 5.75 Å². The van der Waals surface area contributed by atoms with E-state index in [1.807, 2.05) is 36.5 Å². The Morgan fingerprint density at radius 2 is 1.90 bits per heavy atom. The van der Waals surface area contributed by atoms with Crippen molar-refractivity contribution in [2.45, 2.75) is 6.54 Å². The third kappa shape index (κ3) is 3.01. The van der Waals surface area contributed by atoms with E-state index in [9.17, 15) is 5.11 Å². The molecular formula is C16H14ClN3O. The Morgan fingerprint density at radius 3 is 2.57 bits per heavy atom. The summed E-state index contributed by atoms with van der Waals surface area (Å²) in [5.41, 5.74) is 2.63. The van der Waals surface area contributed by atoms with Crippen LogP contribution >= 0.6 is 11.6 Å². The minimum atomic E-state index is 0.197. The zero-order chi connectivity index (χ0) is 14.7. The first kappa shape index (κ1) is 13.5. The summed E-state index contributed by atoms with van der Waals surface area (Å²) in [6.45, 7) is 0.465. The van der Waals surface area contributed by atoms with Crippen LogP contribution in [-0.2, 0) is 6.54 Å². The van der Waals surface area contributed by atoms with Crippen molar-refractivity contribution in [3.63, 3.8) is 0 Å². The summed E-state index contributed by atoms with van der Waals surface area (Å²) in [4.78, 5) is 0. The molecule has 0 unspecified atom stereocenters. The number of phenols is 1. The fraction of sp³-hybridized carbons (Fsp3) is 0.0625. The van der Waals surface area contributed by atoms with Crippen LogP contribution in [0.15, 0.2) is 60.9 Å². The summed E-state index contributed by atoms with van der Waals surface area (Å²) >= 11 is 6.08. The van der Waals surface area contributed by atoms with Gasteiger partial charge in [0.1, 0.15) is 5.75 Å². The Morgan fingerprint density at radius 1 is 1.10 bits per heavy atom. The number of nitrogens with one attached hydrogen (secondary N) is 1. The first-order valence-corrected chi connectivity index (χ1v) is 6.92. The van der Waals surface area contributed by atoms with Crippen molar-refractivity contribution in [2.75, 3.05) is 5.32 Å². The number of aromatic nitrogens is 2. The van der Waals surface area contributed by atoms with E-state index in [1.54, 1.807) is 29.1 Å². The third-order valence-electron chi connectivity index (χ3n) is 3.20. The highest BCUT2D eigenvalue weighted by Crippen LogP contribution is 2.26. The van der Waals surface area contributed by atoms with Gasteiger partial charge in [-0.25, -0.2) is 4.68 Å². The zero-order valence-corrected chi connectivity index (χ0v) is 12.0. The molecule has 0 aliphatic carbocycles. The van der Waals surface area contributed by atoms with Crippen LogP contribution in [0, 0.1) is 0 Å². The van der Waals surface area contributed by atoms with E-state index in [4.69, 9.17) is 11.6 Å². The van der Waals surface area contributed by atoms with Crippen LogP contribution < -0.4 is 5.32 Å². The Labute approximate surface area is 127 Å². The van der Waals surface area contributed by atoms with E-state index < -0.39 is 0 Å². The van der Waals surface area contributed by atoms with Gasteiger partial charge in [-0.05, 0) is 42.5 Å². The summed E-state index contributed by atoms with van der Waals surface area (Å²) in [6, 6.07) is 14.9. The van der Waals surface area contributed by atoms with E-state index in [2.05, 4.69) is 10.4 Å². The molecule has 0 atom stereocenters. The normalized spacial score (nSPS) is 10.5. The van der Waals surface area contributed by atoms with E-state index in [0.717, 1.165) is 11.4 Å². The second-order valence-corrected chi connectivity index (χ2v) is 5.00. The number of hydrogen-bond donors (Lipinski definition) is 2. The van der Waals surface area contributed by atoms with Crippen molar-refractivity contribution in [1.82, 2.24) is 9.78 Å². The van der Waals surface area contributed by atoms with E-state index in [0.29, 0.717) is 17.1 Å². The monoisotopic (exact) mass is 299 g/mol. The predicted octanol–water partition coefficient (Wildman–Crippen LogP) is 3.84. The van der Waals surface area contributed by atoms with Crippen LogP contribution in [0.4, 0.5) is 5.69 Å². The molecule has 5 heteroatoms. The molecule has 2 aromatic carbocycles. The molecule has 0 bridgehead atoms. The van der Waals surface area contributed by atoms with Gasteiger partial charge in [0.15, 0.2) is 0 Å². The van der Waals surface area contributed by atoms with Gasteiger partial charge in [0, 0.05) is 35.2 Å². The number of halogens is 1. The third-order valence-corrected chi connectivity index (χ3v) is 3.55. The van der Waals surface area contributed by atoms with Gasteiger partial charge < -0.3 is 10.4 Å². The molecule has 21 heavy (non-hydrogen) atoms. The van der Waals surface area contributed by atoms with E-state index >= 15 is 0 Å². The lowest BCUT2D eigenvalue weighted by atomic mass is 10.2. The molecule has 106 valence electrons. The van der Waals surface area contributed by atoms with Gasteiger partial charge in [0.25, 0.3) is 0 Å². The average Bonchev–Trinajstić information content (AvgIpc) is 3.02. The highest BCUT2D eigenvalue weighted by atomic mass is 35.5. The first-order valence-electron chi connectivity index (χ1n) is 6.54. The van der Waals surface area contributed by atoms with Crippen molar-refractivity contribution in [3.8, 4) is 11.4 Å². The Kier molecular flexibility index (Phi) is 3.79. The fourth-order valence-corrected chi connectivity index (χ4v) is 2.30. The summed E-state index contributed by atoms with van der Waals surface area (Å²) in [7, 11) is 0. The van der Waals surface area contributed by atoms with Gasteiger partial charge in [0.05, 0.1) is 5.69 Å². The number of nitrogens with zero attached hydrogens (tertiary/aromatic N) is 2. The van der Waals surface area contributed by atoms with Gasteiger partial charge in [-0.15, -0.1) is 0 Å². The summed E-state index contributed by atoms with van der Waals surface area (Å²) < 4.78 is 1.80. The number of aromatic hydroxyl groups is 1. The topological polar surface area (TPSA) is 50.1 Å². The maximum Gasteiger partial charge on any atom is 0.122 e. The van der Waals surface area contributed by atoms with Crippen molar-refractivity contribution >= 4 is 17.3 Å². The number of rotatable bonds is 4. The van der Waals surface area contributed by atoms with Crippen LogP contribution in [-0.4, -0.2) is 14.9 Å². The molecule has 0 aliphatic heterocycles. The number of benzene rings is 2. The van der Waals surface area contributed by atoms with Crippen molar-refractivity contribution in [3.05, 3.63) is 71.5 Å². The van der Waals surface area contributed by atoms with Crippen LogP contribution in [0.5, 0.6) is 5.75 Å². The maximum absolute atomic E-state index is 9.80. The molecule has 3 rings (SSSR count). The summed E-state index contributed by atoms with van der Waals surface area (Å²) in [5, 5.41) is 17.8. The molecule has 0 radical (unpaired) electrons. The largest absolute Gasteiger partial charge is 0.508 e. The summed E-state index contributed by atoms with van der Waals surface area (Å²) in [6.07, 6.45) is 3.64. The minimum Gasteiger partial charge on any atom is -0.508 e. The molecule has 0 amide bonds. The van der Waals surface area contributed by atoms with Crippen LogP contribution in [0.3, 0.4) is 0 Å². The Bertz CT molecular complexity index is 704. The maximum atomic E-state index is 9.80. The molecule has 0 saturated heterocycles. The van der Waals surface area contributed by atoms with Gasteiger partial charge in [-0.3, -0.25) is 0 Å². The predicted molar refractivity (Wildman–Crippen MR) is 84.0 cm³/mol. The van der Waals surface area contributed by atoms with Gasteiger partial charge in [-0.1, -0.05) is 17.7 Å². The lowest BCUT2D eigenvalue weighted by Crippen LogP contribution is -2.01. The highest BCUT2D eigenvalue weighted by Gasteiger charge is 2.05. The van der Waals surface area contributed by atoms with E-state index in [1.165, 1.54) is 0 Å². The van der Waals surface area contributed by atoms with Crippen molar-refractivity contribution in [2.24, 2.45) is 0 Å². The molecular weight excluding hydrogens is 286 g/mol. The SMILES string of the molecule is Oc1cccc(Cl)c1CNc1ccc(-n2cccn2)cc1. The van der Waals surface area contributed by atoms with Crippen LogP contribution in [0.1, 0.15) is 5.56 Å². The number of phenolic OH excluding ortho intramolecular Hbond substituents is 1. The van der Waals surface area contributed by atoms with Crippen molar-refractivity contribution in [1.29, 1.82) is 0 Å². The lowest BCUT2D eigenvalue weighted by molar-refractivity contribution is 0.469. The van der Waals surface area contributed by atoms with Crippen LogP contribution in [0.25, 0.3) is 5.69 Å². The molecule has 3 aromatic rings. The second-order valence-electron chi connectivity index (χ2n) is 4.59. The Balaban J connectivity index is 1.71. The molecule has 0 fully saturated rings. The highest BCUT2D eigenvalue weighted by molar-refractivity contribution is 6.31. The van der Waals surface area contributed by atoms with Gasteiger partial charge in [0.2, 0.25) is 0 Å². The Hall–Kier alpha value is -2.46. The lowest BCUT2D eigenvalue weighted by Gasteiger charge is -2.10. The zero-order valence-electron chi connectivity index (χ0n) is 11.2. The fourth-order valence-electron chi connectivity index (χ4n) is 2.07. The standard InChI is InChI=1S/C16H14ClN3O/c17-15-3-1-4-16(21)14(15)11-18-12-5-7-13(8-6-12)20-10-2-9-19-20/h1-10,18,21H,11H2. The summed E-state index contributed by atoms with van der Waals surface area (Å²) in [5.74, 6) is 0.197. The molecule has 1 aromatic heterocycles. The quantitative estimate of drug-likeness (QED) is 0.769. The second kappa shape index (κ2) is 5.89. The van der Waals surface area contributed by atoms with Crippen molar-refractivity contribution < 1.29 is 5.11 Å². The smallest absolute Gasteiger partial charge is 0.122 e. The molecule has 0 spiro atoms. The number of anilines is 1. The van der Waals surface area contributed by atoms with Gasteiger partial charge >= 0.3 is 0 Å². The number of hydrogen-bond acceptors (Lipinski definition) is 3. The molecule has 0 aliphatic rings. The minimum absolute atomic E-state index is 0.197. The van der Waals surface area contributed by atoms with Gasteiger partial charge in [-0.2, -0.15) is 5.10 Å². The first-order chi connectivity index (χ1) is 10.2. The molecule has 1 heterocycles. The molecule has 0 saturated carbocycles. The van der Waals surface area contributed by atoms with Crippen LogP contribution in [0.2, 0.25) is 5.02 Å². The average molecular weight is 300 g/mol. The molecule has 4 nitrogen and oxygen atoms in total. The molecule has 2 N–H and O–H groups in total.